The zero-order valence-electron chi connectivity index (χ0n) is 8.37. The summed E-state index contributed by atoms with van der Waals surface area (Å²) in [6.45, 7) is 3.24. The first kappa shape index (κ1) is 11.9. The van der Waals surface area contributed by atoms with Crippen LogP contribution in [0.15, 0.2) is 0 Å². The second kappa shape index (κ2) is 4.55. The van der Waals surface area contributed by atoms with Crippen LogP contribution in [-0.2, 0) is 4.74 Å². The quantitative estimate of drug-likeness (QED) is 0.450. The van der Waals surface area contributed by atoms with Crippen LogP contribution in [0.5, 0.6) is 0 Å². The monoisotopic (exact) mass is 206 g/mol. The second-order valence-corrected chi connectivity index (χ2v) is 4.05. The van der Waals surface area contributed by atoms with Crippen molar-refractivity contribution in [2.75, 3.05) is 6.61 Å². The van der Waals surface area contributed by atoms with Crippen molar-refractivity contribution in [1.29, 1.82) is 0 Å². The maximum atomic E-state index is 9.68. The Kier molecular flexibility index (Phi) is 3.86. The lowest BCUT2D eigenvalue weighted by molar-refractivity contribution is -0.277. The molecule has 0 aliphatic carbocycles. The summed E-state index contributed by atoms with van der Waals surface area (Å²) >= 11 is 0. The van der Waals surface area contributed by atoms with Gasteiger partial charge >= 0.3 is 0 Å². The topological polar surface area (TPSA) is 90.2 Å². The van der Waals surface area contributed by atoms with E-state index in [0.717, 1.165) is 0 Å². The number of aliphatic hydroxyl groups is 4. The van der Waals surface area contributed by atoms with Gasteiger partial charge in [-0.2, -0.15) is 0 Å². The summed E-state index contributed by atoms with van der Waals surface area (Å²) in [6, 6.07) is 0. The van der Waals surface area contributed by atoms with Gasteiger partial charge in [-0.3, -0.25) is 0 Å². The molecule has 0 spiro atoms. The van der Waals surface area contributed by atoms with Crippen molar-refractivity contribution >= 4 is 0 Å². The maximum Gasteiger partial charge on any atom is 0.160 e. The van der Waals surface area contributed by atoms with E-state index >= 15 is 0 Å². The van der Waals surface area contributed by atoms with Crippen LogP contribution in [0.25, 0.3) is 0 Å². The van der Waals surface area contributed by atoms with Gasteiger partial charge in [-0.1, -0.05) is 13.8 Å². The molecule has 0 bridgehead atoms. The summed E-state index contributed by atoms with van der Waals surface area (Å²) in [7, 11) is 0. The minimum absolute atomic E-state index is 0.00528. The third kappa shape index (κ3) is 2.07. The van der Waals surface area contributed by atoms with Crippen molar-refractivity contribution in [2.24, 2.45) is 11.8 Å². The Morgan fingerprint density at radius 1 is 1.14 bits per heavy atom. The fourth-order valence-corrected chi connectivity index (χ4v) is 1.84. The number of aliphatic hydroxyl groups excluding tert-OH is 4. The Hall–Kier alpha value is -0.200. The molecule has 0 aromatic carbocycles. The van der Waals surface area contributed by atoms with Crippen LogP contribution in [0.2, 0.25) is 0 Å². The number of ether oxygens (including phenoxy) is 1. The average Bonchev–Trinajstić information content (AvgIpc) is 2.10. The van der Waals surface area contributed by atoms with Crippen LogP contribution >= 0.6 is 0 Å². The van der Waals surface area contributed by atoms with E-state index in [9.17, 15) is 15.3 Å². The third-order valence-electron chi connectivity index (χ3n) is 2.72. The lowest BCUT2D eigenvalue weighted by Crippen LogP contribution is -2.56. The van der Waals surface area contributed by atoms with Crippen molar-refractivity contribution in [1.82, 2.24) is 0 Å². The van der Waals surface area contributed by atoms with E-state index in [4.69, 9.17) is 9.84 Å². The Morgan fingerprint density at radius 2 is 1.71 bits per heavy atom. The van der Waals surface area contributed by atoms with Crippen molar-refractivity contribution in [3.8, 4) is 0 Å². The van der Waals surface area contributed by atoms with E-state index in [-0.39, 0.29) is 5.92 Å². The first-order chi connectivity index (χ1) is 6.49. The molecule has 0 amide bonds. The molecule has 4 N–H and O–H groups in total. The minimum atomic E-state index is -1.14. The summed E-state index contributed by atoms with van der Waals surface area (Å²) in [5.74, 6) is -0.526. The lowest BCUT2D eigenvalue weighted by atomic mass is 9.83. The molecule has 84 valence electrons. The van der Waals surface area contributed by atoms with Gasteiger partial charge in [0.25, 0.3) is 0 Å². The summed E-state index contributed by atoms with van der Waals surface area (Å²) < 4.78 is 4.99. The van der Waals surface area contributed by atoms with Gasteiger partial charge in [0.1, 0.15) is 12.2 Å². The van der Waals surface area contributed by atoms with Crippen LogP contribution in [0, 0.1) is 11.8 Å². The molecule has 5 nitrogen and oxygen atoms in total. The van der Waals surface area contributed by atoms with Crippen molar-refractivity contribution in [3.63, 3.8) is 0 Å². The predicted octanol–water partition coefficient (Wildman–Crippen LogP) is -1.31. The van der Waals surface area contributed by atoms with E-state index in [2.05, 4.69) is 0 Å². The van der Waals surface area contributed by atoms with Gasteiger partial charge in [0.05, 0.1) is 12.7 Å². The average molecular weight is 206 g/mol. The zero-order valence-corrected chi connectivity index (χ0v) is 8.37. The molecule has 0 aromatic heterocycles. The van der Waals surface area contributed by atoms with Crippen molar-refractivity contribution in [2.45, 2.75) is 38.4 Å². The molecule has 1 rings (SSSR count). The molecular weight excluding hydrogens is 188 g/mol. The summed E-state index contributed by atoms with van der Waals surface area (Å²) in [5, 5.41) is 37.5. The highest BCUT2D eigenvalue weighted by molar-refractivity contribution is 4.89. The van der Waals surface area contributed by atoms with Gasteiger partial charge < -0.3 is 25.2 Å². The standard InChI is InChI=1S/C9H18O5/c1-4(2)6-8(12)7(11)5(3-10)14-9(6)13/h4-13H,3H2,1-2H3/t5?,6?,7-,8+,9+/m1/s1. The van der Waals surface area contributed by atoms with E-state index in [0.29, 0.717) is 0 Å². The largest absolute Gasteiger partial charge is 0.394 e. The maximum absolute atomic E-state index is 9.68. The molecule has 2 unspecified atom stereocenters. The first-order valence-corrected chi connectivity index (χ1v) is 4.79. The molecule has 0 radical (unpaired) electrons. The Bertz CT molecular complexity index is 184. The highest BCUT2D eigenvalue weighted by Gasteiger charge is 2.44. The van der Waals surface area contributed by atoms with E-state index in [1.807, 2.05) is 13.8 Å². The van der Waals surface area contributed by atoms with Gasteiger partial charge in [0.15, 0.2) is 6.29 Å². The first-order valence-electron chi connectivity index (χ1n) is 4.79. The van der Waals surface area contributed by atoms with Crippen LogP contribution in [0.1, 0.15) is 13.8 Å². The molecule has 1 aliphatic heterocycles. The van der Waals surface area contributed by atoms with Gasteiger partial charge in [-0.25, -0.2) is 0 Å². The molecule has 0 aromatic rings. The van der Waals surface area contributed by atoms with Gasteiger partial charge in [-0.15, -0.1) is 0 Å². The summed E-state index contributed by atoms with van der Waals surface area (Å²) in [5.41, 5.74) is 0. The fraction of sp³-hybridized carbons (Fsp3) is 1.00. The highest BCUT2D eigenvalue weighted by Crippen LogP contribution is 2.30. The minimum Gasteiger partial charge on any atom is -0.394 e. The molecule has 1 heterocycles. The highest BCUT2D eigenvalue weighted by atomic mass is 16.6. The van der Waals surface area contributed by atoms with Crippen LogP contribution in [-0.4, -0.2) is 51.6 Å². The van der Waals surface area contributed by atoms with Gasteiger partial charge in [0, 0.05) is 5.92 Å². The Morgan fingerprint density at radius 3 is 2.14 bits per heavy atom. The number of rotatable bonds is 2. The van der Waals surface area contributed by atoms with Crippen LogP contribution < -0.4 is 0 Å². The number of hydrogen-bond donors (Lipinski definition) is 4. The van der Waals surface area contributed by atoms with Gasteiger partial charge in [0.2, 0.25) is 0 Å². The SMILES string of the molecule is CC(C)C1[C@@H](O)OC(CO)[C@@H](O)[C@H]1O. The second-order valence-electron chi connectivity index (χ2n) is 4.05. The van der Waals surface area contributed by atoms with Gasteiger partial charge in [-0.05, 0) is 5.92 Å². The van der Waals surface area contributed by atoms with Crippen molar-refractivity contribution < 1.29 is 25.2 Å². The zero-order chi connectivity index (χ0) is 10.9. The normalized spacial score (nSPS) is 44.4. The van der Waals surface area contributed by atoms with E-state index in [1.165, 1.54) is 0 Å². The molecule has 1 aliphatic rings. The lowest BCUT2D eigenvalue weighted by Gasteiger charge is -2.41. The van der Waals surface area contributed by atoms with Crippen LogP contribution in [0.4, 0.5) is 0 Å². The Balaban J connectivity index is 2.74. The molecule has 5 heteroatoms. The predicted molar refractivity (Wildman–Crippen MR) is 48.3 cm³/mol. The van der Waals surface area contributed by atoms with Crippen LogP contribution in [0.3, 0.4) is 0 Å². The summed E-state index contributed by atoms with van der Waals surface area (Å²) in [6.07, 6.45) is -4.24. The van der Waals surface area contributed by atoms with Crippen molar-refractivity contribution in [3.05, 3.63) is 0 Å². The molecular formula is C9H18O5. The smallest absolute Gasteiger partial charge is 0.160 e. The van der Waals surface area contributed by atoms with E-state index < -0.39 is 37.1 Å². The molecule has 5 atom stereocenters. The fourth-order valence-electron chi connectivity index (χ4n) is 1.84. The molecule has 1 fully saturated rings. The van der Waals surface area contributed by atoms with E-state index in [1.54, 1.807) is 0 Å². The molecule has 0 saturated carbocycles. The third-order valence-corrected chi connectivity index (χ3v) is 2.72. The molecule has 1 saturated heterocycles. The Labute approximate surface area is 82.9 Å². The number of hydrogen-bond acceptors (Lipinski definition) is 5. The molecule has 14 heavy (non-hydrogen) atoms. The summed E-state index contributed by atoms with van der Waals surface area (Å²) in [4.78, 5) is 0.